The summed E-state index contributed by atoms with van der Waals surface area (Å²) in [5.74, 6) is 0.716. The monoisotopic (exact) mass is 597 g/mol. The Balaban J connectivity index is 1.91. The fourth-order valence-corrected chi connectivity index (χ4v) is 4.90. The molecular formula is C34H47NO8. The van der Waals surface area contributed by atoms with Gasteiger partial charge in [-0.05, 0) is 89.1 Å². The molecule has 1 amide bonds. The van der Waals surface area contributed by atoms with Crippen molar-refractivity contribution in [2.24, 2.45) is 5.92 Å². The molecule has 1 aliphatic rings. The van der Waals surface area contributed by atoms with Crippen molar-refractivity contribution in [1.29, 1.82) is 0 Å². The van der Waals surface area contributed by atoms with E-state index in [1.807, 2.05) is 48.5 Å². The van der Waals surface area contributed by atoms with Crippen LogP contribution in [0.4, 0.5) is 9.59 Å². The molecule has 9 nitrogen and oxygen atoms in total. The van der Waals surface area contributed by atoms with Gasteiger partial charge in [-0.2, -0.15) is 0 Å². The van der Waals surface area contributed by atoms with Gasteiger partial charge in [0, 0.05) is 0 Å². The second-order valence-electron chi connectivity index (χ2n) is 13.4. The van der Waals surface area contributed by atoms with Crippen LogP contribution < -0.4 is 4.74 Å². The first kappa shape index (κ1) is 33.7. The lowest BCUT2D eigenvalue weighted by atomic mass is 10.00. The molecule has 1 saturated heterocycles. The minimum absolute atomic E-state index is 0.0271. The normalized spacial score (nSPS) is 18.7. The number of benzene rings is 2. The van der Waals surface area contributed by atoms with Gasteiger partial charge in [-0.15, -0.1) is 0 Å². The van der Waals surface area contributed by atoms with Crippen molar-refractivity contribution >= 4 is 18.2 Å². The Morgan fingerprint density at radius 1 is 0.814 bits per heavy atom. The molecule has 0 bridgehead atoms. The fourth-order valence-electron chi connectivity index (χ4n) is 4.90. The number of likely N-dealkylation sites (tertiary alicyclic amines) is 1. The third kappa shape index (κ3) is 10.8. The zero-order valence-electron chi connectivity index (χ0n) is 27.0. The summed E-state index contributed by atoms with van der Waals surface area (Å²) in [6.45, 7) is 14.8. The van der Waals surface area contributed by atoms with Gasteiger partial charge >= 0.3 is 18.2 Å². The maximum absolute atomic E-state index is 13.4. The number of nitrogens with zero attached hydrogens (tertiary/aromatic N) is 1. The lowest BCUT2D eigenvalue weighted by molar-refractivity contribution is -0.155. The Kier molecular flexibility index (Phi) is 11.1. The molecule has 0 spiro atoms. The summed E-state index contributed by atoms with van der Waals surface area (Å²) in [5, 5.41) is 0. The predicted octanol–water partition coefficient (Wildman–Crippen LogP) is 6.53. The Bertz CT molecular complexity index is 1230. The summed E-state index contributed by atoms with van der Waals surface area (Å²) >= 11 is 0. The van der Waals surface area contributed by atoms with Crippen LogP contribution in [0.15, 0.2) is 48.5 Å². The first-order chi connectivity index (χ1) is 20.0. The van der Waals surface area contributed by atoms with E-state index in [4.69, 9.17) is 23.7 Å². The van der Waals surface area contributed by atoms with Crippen molar-refractivity contribution in [3.63, 3.8) is 0 Å². The molecule has 1 heterocycles. The number of carbonyl (C=O) groups is 3. The standard InChI is InChI=1S/C34H47NO8/c1-22(2)18-23-10-12-25(13-11-23)20-29(36)41-30-27(19-24-14-16-26(39-9)17-15-24)35(31(37)42-33(3,4)5)21-28(30)40-32(38)43-34(6,7)8/h10-17,22,27-28,30H,18-21H2,1-9H3/t27-,28+,30+/m1/s1. The van der Waals surface area contributed by atoms with Crippen LogP contribution in [0.25, 0.3) is 0 Å². The Morgan fingerprint density at radius 2 is 1.37 bits per heavy atom. The van der Waals surface area contributed by atoms with E-state index < -0.39 is 47.7 Å². The third-order valence-corrected chi connectivity index (χ3v) is 6.67. The van der Waals surface area contributed by atoms with Gasteiger partial charge in [-0.25, -0.2) is 9.59 Å². The van der Waals surface area contributed by atoms with Crippen molar-refractivity contribution in [2.45, 2.75) is 104 Å². The quantitative estimate of drug-likeness (QED) is 0.238. The Labute approximate surface area is 255 Å². The Hall–Kier alpha value is -3.75. The SMILES string of the molecule is COc1ccc(C[C@@H]2[C@H](OC(=O)Cc3ccc(CC(C)C)cc3)[C@@H](OC(=O)OC(C)(C)C)CN2C(=O)OC(C)(C)C)cc1. The lowest BCUT2D eigenvalue weighted by Gasteiger charge is -2.30. The molecule has 1 aliphatic heterocycles. The summed E-state index contributed by atoms with van der Waals surface area (Å²) < 4.78 is 28.1. The minimum Gasteiger partial charge on any atom is -0.497 e. The molecule has 1 fully saturated rings. The van der Waals surface area contributed by atoms with E-state index in [2.05, 4.69) is 13.8 Å². The average molecular weight is 598 g/mol. The molecule has 0 saturated carbocycles. The molecule has 2 aromatic rings. The van der Waals surface area contributed by atoms with Crippen molar-refractivity contribution in [2.75, 3.05) is 13.7 Å². The Morgan fingerprint density at radius 3 is 1.91 bits per heavy atom. The summed E-state index contributed by atoms with van der Waals surface area (Å²) in [4.78, 5) is 41.0. The highest BCUT2D eigenvalue weighted by Crippen LogP contribution is 2.30. The predicted molar refractivity (Wildman–Crippen MR) is 163 cm³/mol. The second kappa shape index (κ2) is 14.1. The van der Waals surface area contributed by atoms with E-state index in [-0.39, 0.29) is 13.0 Å². The van der Waals surface area contributed by atoms with E-state index in [1.54, 1.807) is 48.7 Å². The highest BCUT2D eigenvalue weighted by atomic mass is 16.7. The fraction of sp³-hybridized carbons (Fsp3) is 0.559. The van der Waals surface area contributed by atoms with E-state index >= 15 is 0 Å². The lowest BCUT2D eigenvalue weighted by Crippen LogP contribution is -2.45. The third-order valence-electron chi connectivity index (χ3n) is 6.67. The van der Waals surface area contributed by atoms with Gasteiger partial charge < -0.3 is 23.7 Å². The smallest absolute Gasteiger partial charge is 0.497 e. The number of methoxy groups -OCH3 is 1. The number of carbonyl (C=O) groups excluding carboxylic acids is 3. The molecule has 2 aromatic carbocycles. The maximum atomic E-state index is 13.4. The largest absolute Gasteiger partial charge is 0.509 e. The minimum atomic E-state index is -0.969. The zero-order valence-corrected chi connectivity index (χ0v) is 27.0. The van der Waals surface area contributed by atoms with E-state index in [0.717, 1.165) is 17.5 Å². The van der Waals surface area contributed by atoms with Crippen molar-refractivity contribution in [1.82, 2.24) is 4.90 Å². The number of rotatable bonds is 9. The molecule has 0 unspecified atom stereocenters. The van der Waals surface area contributed by atoms with Gasteiger partial charge in [0.1, 0.15) is 17.0 Å². The molecule has 43 heavy (non-hydrogen) atoms. The highest BCUT2D eigenvalue weighted by Gasteiger charge is 2.50. The van der Waals surface area contributed by atoms with Gasteiger partial charge in [0.25, 0.3) is 0 Å². The van der Waals surface area contributed by atoms with Crippen LogP contribution in [0.1, 0.15) is 72.1 Å². The molecule has 3 atom stereocenters. The number of amides is 1. The van der Waals surface area contributed by atoms with Crippen LogP contribution in [0.5, 0.6) is 5.75 Å². The van der Waals surface area contributed by atoms with E-state index in [0.29, 0.717) is 18.1 Å². The zero-order chi connectivity index (χ0) is 31.9. The van der Waals surface area contributed by atoms with Crippen LogP contribution >= 0.6 is 0 Å². The summed E-state index contributed by atoms with van der Waals surface area (Å²) in [7, 11) is 1.59. The summed E-state index contributed by atoms with van der Waals surface area (Å²) in [5.41, 5.74) is 1.31. The number of esters is 1. The number of hydrogen-bond donors (Lipinski definition) is 0. The van der Waals surface area contributed by atoms with Crippen molar-refractivity contribution in [3.8, 4) is 5.75 Å². The number of hydrogen-bond acceptors (Lipinski definition) is 8. The topological polar surface area (TPSA) is 101 Å². The summed E-state index contributed by atoms with van der Waals surface area (Å²) in [6, 6.07) is 14.6. The molecular weight excluding hydrogens is 550 g/mol. The van der Waals surface area contributed by atoms with Gasteiger partial charge in [0.2, 0.25) is 0 Å². The molecule has 3 rings (SSSR count). The van der Waals surface area contributed by atoms with Crippen LogP contribution in [0.2, 0.25) is 0 Å². The molecule has 0 aromatic heterocycles. The van der Waals surface area contributed by atoms with Gasteiger partial charge in [-0.1, -0.05) is 50.2 Å². The van der Waals surface area contributed by atoms with E-state index in [1.165, 1.54) is 10.5 Å². The van der Waals surface area contributed by atoms with E-state index in [9.17, 15) is 14.4 Å². The van der Waals surface area contributed by atoms with Crippen LogP contribution in [0.3, 0.4) is 0 Å². The highest BCUT2D eigenvalue weighted by molar-refractivity contribution is 5.74. The molecule has 0 aliphatic carbocycles. The maximum Gasteiger partial charge on any atom is 0.509 e. The van der Waals surface area contributed by atoms with Gasteiger partial charge in [0.05, 0.1) is 26.1 Å². The molecule has 9 heteroatoms. The summed E-state index contributed by atoms with van der Waals surface area (Å²) in [6.07, 6.45) is -2.14. The van der Waals surface area contributed by atoms with Crippen LogP contribution in [-0.2, 0) is 43.0 Å². The first-order valence-corrected chi connectivity index (χ1v) is 14.8. The van der Waals surface area contributed by atoms with Gasteiger partial charge in [0.15, 0.2) is 12.2 Å². The van der Waals surface area contributed by atoms with Crippen molar-refractivity contribution in [3.05, 3.63) is 65.2 Å². The van der Waals surface area contributed by atoms with Crippen molar-refractivity contribution < 1.29 is 38.1 Å². The molecule has 236 valence electrons. The average Bonchev–Trinajstić information content (AvgIpc) is 3.19. The first-order valence-electron chi connectivity index (χ1n) is 14.8. The molecule has 0 radical (unpaired) electrons. The second-order valence-corrected chi connectivity index (χ2v) is 13.4. The molecule has 0 N–H and O–H groups in total. The van der Waals surface area contributed by atoms with Crippen LogP contribution in [-0.4, -0.2) is 66.2 Å². The van der Waals surface area contributed by atoms with Crippen LogP contribution in [0, 0.1) is 5.92 Å². The number of ether oxygens (including phenoxy) is 5. The van der Waals surface area contributed by atoms with Gasteiger partial charge in [-0.3, -0.25) is 9.69 Å².